The Balaban J connectivity index is 2.63. The number of aromatic nitrogens is 2. The summed E-state index contributed by atoms with van der Waals surface area (Å²) in [5.41, 5.74) is 8.54. The summed E-state index contributed by atoms with van der Waals surface area (Å²) in [7, 11) is 0. The molecule has 1 aromatic carbocycles. The Bertz CT molecular complexity index is 582. The van der Waals surface area contributed by atoms with Crippen molar-refractivity contribution in [2.75, 3.05) is 5.73 Å². The van der Waals surface area contributed by atoms with E-state index >= 15 is 0 Å². The van der Waals surface area contributed by atoms with Crippen molar-refractivity contribution in [2.45, 2.75) is 19.8 Å². The van der Waals surface area contributed by atoms with E-state index in [0.29, 0.717) is 15.9 Å². The van der Waals surface area contributed by atoms with Crippen LogP contribution in [0.3, 0.4) is 0 Å². The highest BCUT2D eigenvalue weighted by molar-refractivity contribution is 6.42. The molecule has 2 aromatic rings. The zero-order chi connectivity index (χ0) is 13.3. The highest BCUT2D eigenvalue weighted by Crippen LogP contribution is 2.33. The summed E-state index contributed by atoms with van der Waals surface area (Å²) in [6, 6.07) is 5.42. The molecular weight excluding hydrogens is 269 g/mol. The van der Waals surface area contributed by atoms with Crippen LogP contribution in [0.15, 0.2) is 24.5 Å². The van der Waals surface area contributed by atoms with Gasteiger partial charge >= 0.3 is 0 Å². The molecule has 0 aliphatic rings. The van der Waals surface area contributed by atoms with Crippen molar-refractivity contribution in [3.05, 3.63) is 40.1 Å². The first kappa shape index (κ1) is 13.1. The Morgan fingerprint density at radius 3 is 2.44 bits per heavy atom. The molecule has 1 aromatic heterocycles. The van der Waals surface area contributed by atoms with Crippen LogP contribution in [0.2, 0.25) is 10.0 Å². The quantitative estimate of drug-likeness (QED) is 0.899. The fourth-order valence-electron chi connectivity index (χ4n) is 1.85. The average Bonchev–Trinajstić information content (AvgIpc) is 2.32. The van der Waals surface area contributed by atoms with Crippen LogP contribution in [0.1, 0.15) is 25.3 Å². The highest BCUT2D eigenvalue weighted by atomic mass is 35.5. The van der Waals surface area contributed by atoms with Gasteiger partial charge in [-0.25, -0.2) is 9.97 Å². The molecule has 0 radical (unpaired) electrons. The van der Waals surface area contributed by atoms with Crippen LogP contribution in [0.25, 0.3) is 11.3 Å². The van der Waals surface area contributed by atoms with Crippen LogP contribution in [0.5, 0.6) is 0 Å². The fourth-order valence-corrected chi connectivity index (χ4v) is 2.15. The van der Waals surface area contributed by atoms with E-state index in [1.165, 1.54) is 6.33 Å². The van der Waals surface area contributed by atoms with E-state index < -0.39 is 0 Å². The van der Waals surface area contributed by atoms with Gasteiger partial charge in [-0.3, -0.25) is 0 Å². The molecule has 0 aliphatic heterocycles. The zero-order valence-corrected chi connectivity index (χ0v) is 11.6. The topological polar surface area (TPSA) is 51.8 Å². The van der Waals surface area contributed by atoms with Crippen LogP contribution < -0.4 is 5.73 Å². The monoisotopic (exact) mass is 281 g/mol. The van der Waals surface area contributed by atoms with Crippen LogP contribution >= 0.6 is 23.2 Å². The standard InChI is InChI=1S/C13H13Cl2N3/c1-7(2)11-12(17-6-18-13(11)16)8-3-4-9(14)10(15)5-8/h3-7H,1-2H3,(H2,16,17,18). The third-order valence-electron chi connectivity index (χ3n) is 2.69. The Labute approximate surface area is 116 Å². The van der Waals surface area contributed by atoms with Gasteiger partial charge in [-0.2, -0.15) is 0 Å². The molecule has 1 heterocycles. The molecule has 0 unspecified atom stereocenters. The summed E-state index contributed by atoms with van der Waals surface area (Å²) < 4.78 is 0. The predicted molar refractivity (Wildman–Crippen MR) is 76.0 cm³/mol. The Morgan fingerprint density at radius 1 is 1.11 bits per heavy atom. The molecule has 0 aliphatic carbocycles. The van der Waals surface area contributed by atoms with Gasteiger partial charge in [0.05, 0.1) is 15.7 Å². The van der Waals surface area contributed by atoms with Gasteiger partial charge in [-0.15, -0.1) is 0 Å². The minimum absolute atomic E-state index is 0.232. The molecule has 94 valence electrons. The van der Waals surface area contributed by atoms with Crippen molar-refractivity contribution in [1.29, 1.82) is 0 Å². The lowest BCUT2D eigenvalue weighted by molar-refractivity contribution is 0.854. The first-order chi connectivity index (χ1) is 8.50. The first-order valence-electron chi connectivity index (χ1n) is 5.56. The van der Waals surface area contributed by atoms with Crippen molar-refractivity contribution in [3.8, 4) is 11.3 Å². The first-order valence-corrected chi connectivity index (χ1v) is 6.32. The number of halogens is 2. The lowest BCUT2D eigenvalue weighted by atomic mass is 9.97. The fraction of sp³-hybridized carbons (Fsp3) is 0.231. The molecular formula is C13H13Cl2N3. The molecule has 3 nitrogen and oxygen atoms in total. The van der Waals surface area contributed by atoms with Crippen LogP contribution in [-0.4, -0.2) is 9.97 Å². The molecule has 0 bridgehead atoms. The number of nitrogens with two attached hydrogens (primary N) is 1. The van der Waals surface area contributed by atoms with Gasteiger partial charge < -0.3 is 5.73 Å². The maximum Gasteiger partial charge on any atom is 0.130 e. The minimum atomic E-state index is 0.232. The minimum Gasteiger partial charge on any atom is -0.383 e. The largest absolute Gasteiger partial charge is 0.383 e. The predicted octanol–water partition coefficient (Wildman–Crippen LogP) is 4.16. The van der Waals surface area contributed by atoms with E-state index in [4.69, 9.17) is 28.9 Å². The smallest absolute Gasteiger partial charge is 0.130 e. The molecule has 18 heavy (non-hydrogen) atoms. The van der Waals surface area contributed by atoms with E-state index in [9.17, 15) is 0 Å². The lowest BCUT2D eigenvalue weighted by Gasteiger charge is -2.13. The molecule has 0 fully saturated rings. The molecule has 0 spiro atoms. The third-order valence-corrected chi connectivity index (χ3v) is 3.42. The Hall–Kier alpha value is -1.32. The van der Waals surface area contributed by atoms with Crippen molar-refractivity contribution >= 4 is 29.0 Å². The van der Waals surface area contributed by atoms with Crippen LogP contribution in [-0.2, 0) is 0 Å². The van der Waals surface area contributed by atoms with Gasteiger partial charge in [0.15, 0.2) is 0 Å². The van der Waals surface area contributed by atoms with Crippen LogP contribution in [0.4, 0.5) is 5.82 Å². The summed E-state index contributed by atoms with van der Waals surface area (Å²) in [6.45, 7) is 4.10. The zero-order valence-electron chi connectivity index (χ0n) is 10.1. The number of benzene rings is 1. The number of hydrogen-bond donors (Lipinski definition) is 1. The van der Waals surface area contributed by atoms with E-state index in [2.05, 4.69) is 23.8 Å². The second kappa shape index (κ2) is 5.12. The molecule has 0 amide bonds. The molecule has 0 saturated carbocycles. The molecule has 0 saturated heterocycles. The maximum atomic E-state index is 6.03. The van der Waals surface area contributed by atoms with E-state index in [1.54, 1.807) is 12.1 Å². The number of rotatable bonds is 2. The van der Waals surface area contributed by atoms with Crippen molar-refractivity contribution in [2.24, 2.45) is 0 Å². The van der Waals surface area contributed by atoms with E-state index in [-0.39, 0.29) is 5.92 Å². The number of nitrogen functional groups attached to an aromatic ring is 1. The molecule has 2 rings (SSSR count). The lowest BCUT2D eigenvalue weighted by Crippen LogP contribution is -2.04. The number of anilines is 1. The number of nitrogens with zero attached hydrogens (tertiary/aromatic N) is 2. The van der Waals surface area contributed by atoms with Gasteiger partial charge in [0, 0.05) is 11.1 Å². The molecule has 0 atom stereocenters. The summed E-state index contributed by atoms with van der Waals surface area (Å²) in [5, 5.41) is 1.02. The SMILES string of the molecule is CC(C)c1c(N)ncnc1-c1ccc(Cl)c(Cl)c1. The van der Waals surface area contributed by atoms with Crippen molar-refractivity contribution < 1.29 is 0 Å². The highest BCUT2D eigenvalue weighted by Gasteiger charge is 2.15. The Kier molecular flexibility index (Phi) is 3.73. The molecule has 2 N–H and O–H groups in total. The summed E-state index contributed by atoms with van der Waals surface area (Å²) in [6.07, 6.45) is 1.46. The number of hydrogen-bond acceptors (Lipinski definition) is 3. The van der Waals surface area contributed by atoms with Crippen molar-refractivity contribution in [3.63, 3.8) is 0 Å². The second-order valence-electron chi connectivity index (χ2n) is 4.30. The van der Waals surface area contributed by atoms with E-state index in [0.717, 1.165) is 16.8 Å². The van der Waals surface area contributed by atoms with Crippen molar-refractivity contribution in [1.82, 2.24) is 9.97 Å². The second-order valence-corrected chi connectivity index (χ2v) is 5.12. The van der Waals surface area contributed by atoms with Gasteiger partial charge in [0.2, 0.25) is 0 Å². The average molecular weight is 282 g/mol. The summed E-state index contributed by atoms with van der Waals surface area (Å²) >= 11 is 11.9. The van der Waals surface area contributed by atoms with Gasteiger partial charge in [0.1, 0.15) is 12.1 Å². The Morgan fingerprint density at radius 2 is 1.83 bits per heavy atom. The van der Waals surface area contributed by atoms with E-state index in [1.807, 2.05) is 6.07 Å². The van der Waals surface area contributed by atoms with Gasteiger partial charge in [0.25, 0.3) is 0 Å². The van der Waals surface area contributed by atoms with Crippen LogP contribution in [0, 0.1) is 0 Å². The third kappa shape index (κ3) is 2.42. The normalized spacial score (nSPS) is 10.9. The summed E-state index contributed by atoms with van der Waals surface area (Å²) in [5.74, 6) is 0.733. The molecule has 5 heteroatoms. The summed E-state index contributed by atoms with van der Waals surface area (Å²) in [4.78, 5) is 8.34. The van der Waals surface area contributed by atoms with Gasteiger partial charge in [-0.05, 0) is 18.1 Å². The van der Waals surface area contributed by atoms with Gasteiger partial charge in [-0.1, -0.05) is 43.1 Å². The maximum absolute atomic E-state index is 6.03.